The van der Waals surface area contributed by atoms with E-state index in [9.17, 15) is 4.79 Å². The second kappa shape index (κ2) is 6.57. The van der Waals surface area contributed by atoms with Gasteiger partial charge in [-0.3, -0.25) is 10.1 Å². The van der Waals surface area contributed by atoms with Crippen LogP contribution in [0.4, 0.5) is 0 Å². The molecule has 1 aliphatic heterocycles. The Bertz CT molecular complexity index is 914. The lowest BCUT2D eigenvalue weighted by Crippen LogP contribution is -2.45. The number of ether oxygens (including phenoxy) is 1. The molecular formula is C21H20N2O2. The Morgan fingerprint density at radius 2 is 1.92 bits per heavy atom. The van der Waals surface area contributed by atoms with E-state index in [0.29, 0.717) is 6.42 Å². The molecule has 0 bridgehead atoms. The highest BCUT2D eigenvalue weighted by Gasteiger charge is 2.34. The molecule has 3 aromatic rings. The number of aromatic amines is 1. The van der Waals surface area contributed by atoms with Gasteiger partial charge in [0.05, 0.1) is 6.04 Å². The van der Waals surface area contributed by atoms with E-state index in [0.717, 1.165) is 16.8 Å². The first-order chi connectivity index (χ1) is 12.3. The Balaban J connectivity index is 1.79. The van der Waals surface area contributed by atoms with Gasteiger partial charge in [-0.15, -0.1) is 0 Å². The summed E-state index contributed by atoms with van der Waals surface area (Å²) in [5.41, 5.74) is 4.52. The number of para-hydroxylation sites is 1. The van der Waals surface area contributed by atoms with Crippen LogP contribution in [0.5, 0.6) is 0 Å². The fourth-order valence-electron chi connectivity index (χ4n) is 3.54. The van der Waals surface area contributed by atoms with Gasteiger partial charge in [0, 0.05) is 23.0 Å². The number of aromatic nitrogens is 1. The summed E-state index contributed by atoms with van der Waals surface area (Å²) in [5.74, 6) is -0.239. The van der Waals surface area contributed by atoms with Gasteiger partial charge < -0.3 is 9.72 Å². The summed E-state index contributed by atoms with van der Waals surface area (Å²) in [4.78, 5) is 16.0. The average Bonchev–Trinajstić information content (AvgIpc) is 3.04. The quantitative estimate of drug-likeness (QED) is 0.568. The maximum atomic E-state index is 12.5. The third kappa shape index (κ3) is 2.85. The van der Waals surface area contributed by atoms with Crippen molar-refractivity contribution in [3.8, 4) is 0 Å². The molecule has 2 heterocycles. The topological polar surface area (TPSA) is 54.1 Å². The van der Waals surface area contributed by atoms with Crippen LogP contribution in [0.25, 0.3) is 10.9 Å². The molecule has 126 valence electrons. The predicted molar refractivity (Wildman–Crippen MR) is 98.4 cm³/mol. The zero-order valence-electron chi connectivity index (χ0n) is 13.9. The molecule has 0 spiro atoms. The van der Waals surface area contributed by atoms with E-state index in [-0.39, 0.29) is 24.7 Å². The van der Waals surface area contributed by atoms with Crippen molar-refractivity contribution in [1.82, 2.24) is 10.3 Å². The first kappa shape index (κ1) is 15.7. The molecule has 0 fully saturated rings. The molecule has 2 atom stereocenters. The largest absolute Gasteiger partial charge is 0.460 e. The number of nitrogens with one attached hydrogen (secondary N) is 2. The van der Waals surface area contributed by atoms with Crippen molar-refractivity contribution in [3.05, 3.63) is 84.1 Å². The lowest BCUT2D eigenvalue weighted by molar-refractivity contribution is -0.145. The van der Waals surface area contributed by atoms with Gasteiger partial charge in [-0.25, -0.2) is 0 Å². The zero-order chi connectivity index (χ0) is 17.2. The van der Waals surface area contributed by atoms with Gasteiger partial charge in [0.2, 0.25) is 0 Å². The molecule has 0 saturated heterocycles. The van der Waals surface area contributed by atoms with Crippen LogP contribution in [-0.2, 0) is 16.0 Å². The minimum atomic E-state index is -0.378. The summed E-state index contributed by atoms with van der Waals surface area (Å²) < 4.78 is 5.29. The Morgan fingerprint density at radius 1 is 1.16 bits per heavy atom. The average molecular weight is 332 g/mol. The Kier molecular flexibility index (Phi) is 4.12. The van der Waals surface area contributed by atoms with Crippen molar-refractivity contribution < 1.29 is 9.53 Å². The molecule has 4 rings (SSSR count). The predicted octanol–water partition coefficient (Wildman–Crippen LogP) is 3.50. The minimum Gasteiger partial charge on any atom is -0.460 e. The molecule has 1 aromatic heterocycles. The molecule has 1 unspecified atom stereocenters. The number of hydrogen-bond acceptors (Lipinski definition) is 3. The second-order valence-corrected chi connectivity index (χ2v) is 6.25. The molecule has 0 amide bonds. The third-order valence-electron chi connectivity index (χ3n) is 4.67. The highest BCUT2D eigenvalue weighted by Crippen LogP contribution is 2.35. The van der Waals surface area contributed by atoms with Gasteiger partial charge in [-0.05, 0) is 17.2 Å². The maximum absolute atomic E-state index is 12.5. The van der Waals surface area contributed by atoms with E-state index in [1.807, 2.05) is 30.3 Å². The van der Waals surface area contributed by atoms with Crippen LogP contribution in [0.3, 0.4) is 0 Å². The monoisotopic (exact) mass is 332 g/mol. The number of carbonyl (C=O) groups is 1. The maximum Gasteiger partial charge on any atom is 0.323 e. The highest BCUT2D eigenvalue weighted by atomic mass is 16.5. The zero-order valence-corrected chi connectivity index (χ0v) is 13.9. The standard InChI is InChI=1S/C21H20N2O2/c1-2-12-25-21(24)18-13-16-15-10-6-7-11-17(15)22-20(16)19(23-18)14-8-4-3-5-9-14/h2-11,18-19,22-23H,1,12-13H2/t18-,19?/m0/s1. The molecule has 1 aliphatic rings. The summed E-state index contributed by atoms with van der Waals surface area (Å²) in [6, 6.07) is 17.9. The van der Waals surface area contributed by atoms with E-state index >= 15 is 0 Å². The van der Waals surface area contributed by atoms with E-state index in [4.69, 9.17) is 4.74 Å². The summed E-state index contributed by atoms with van der Waals surface area (Å²) in [5, 5.41) is 4.62. The number of esters is 1. The van der Waals surface area contributed by atoms with Crippen LogP contribution in [-0.4, -0.2) is 23.6 Å². The molecule has 0 aliphatic carbocycles. The number of fused-ring (bicyclic) bond motifs is 3. The molecule has 2 aromatic carbocycles. The third-order valence-corrected chi connectivity index (χ3v) is 4.67. The highest BCUT2D eigenvalue weighted by molar-refractivity contribution is 5.87. The first-order valence-electron chi connectivity index (χ1n) is 8.46. The van der Waals surface area contributed by atoms with Gasteiger partial charge in [-0.1, -0.05) is 61.2 Å². The molecule has 25 heavy (non-hydrogen) atoms. The molecule has 4 heteroatoms. The van der Waals surface area contributed by atoms with E-state index in [1.54, 1.807) is 6.08 Å². The number of hydrogen-bond donors (Lipinski definition) is 2. The van der Waals surface area contributed by atoms with Crippen LogP contribution in [0, 0.1) is 0 Å². The second-order valence-electron chi connectivity index (χ2n) is 6.25. The van der Waals surface area contributed by atoms with E-state index in [1.165, 1.54) is 10.9 Å². The molecule has 4 nitrogen and oxygen atoms in total. The van der Waals surface area contributed by atoms with Gasteiger partial charge >= 0.3 is 5.97 Å². The van der Waals surface area contributed by atoms with Gasteiger partial charge in [0.1, 0.15) is 12.6 Å². The van der Waals surface area contributed by atoms with Crippen LogP contribution >= 0.6 is 0 Å². The number of H-pyrrole nitrogens is 1. The molecular weight excluding hydrogens is 312 g/mol. The first-order valence-corrected chi connectivity index (χ1v) is 8.46. The van der Waals surface area contributed by atoms with Gasteiger partial charge in [-0.2, -0.15) is 0 Å². The number of carbonyl (C=O) groups excluding carboxylic acids is 1. The summed E-state index contributed by atoms with van der Waals surface area (Å²) in [6.45, 7) is 3.84. The lowest BCUT2D eigenvalue weighted by Gasteiger charge is -2.30. The van der Waals surface area contributed by atoms with Gasteiger partial charge in [0.25, 0.3) is 0 Å². The fraction of sp³-hybridized carbons (Fsp3) is 0.190. The van der Waals surface area contributed by atoms with Crippen LogP contribution < -0.4 is 5.32 Å². The Hall–Kier alpha value is -2.85. The molecule has 0 saturated carbocycles. The van der Waals surface area contributed by atoms with E-state index < -0.39 is 0 Å². The summed E-state index contributed by atoms with van der Waals surface area (Å²) in [7, 11) is 0. The van der Waals surface area contributed by atoms with E-state index in [2.05, 4.69) is 41.1 Å². The summed E-state index contributed by atoms with van der Waals surface area (Å²) >= 11 is 0. The Morgan fingerprint density at radius 3 is 2.72 bits per heavy atom. The smallest absolute Gasteiger partial charge is 0.323 e. The number of rotatable bonds is 4. The number of benzene rings is 2. The Labute approximate surface area is 146 Å². The van der Waals surface area contributed by atoms with Crippen molar-refractivity contribution in [2.24, 2.45) is 0 Å². The normalized spacial score (nSPS) is 19.4. The van der Waals surface area contributed by atoms with Crippen LogP contribution in [0.1, 0.15) is 22.9 Å². The van der Waals surface area contributed by atoms with Crippen LogP contribution in [0.15, 0.2) is 67.3 Å². The van der Waals surface area contributed by atoms with Crippen molar-refractivity contribution in [2.45, 2.75) is 18.5 Å². The molecule has 0 radical (unpaired) electrons. The van der Waals surface area contributed by atoms with Crippen molar-refractivity contribution in [2.75, 3.05) is 6.61 Å². The van der Waals surface area contributed by atoms with Crippen LogP contribution in [0.2, 0.25) is 0 Å². The van der Waals surface area contributed by atoms with Crippen molar-refractivity contribution in [1.29, 1.82) is 0 Å². The SMILES string of the molecule is C=CCOC(=O)[C@@H]1Cc2c([nH]c3ccccc23)C(c2ccccc2)N1. The van der Waals surface area contributed by atoms with Gasteiger partial charge in [0.15, 0.2) is 0 Å². The van der Waals surface area contributed by atoms with Crippen molar-refractivity contribution in [3.63, 3.8) is 0 Å². The summed E-state index contributed by atoms with van der Waals surface area (Å²) in [6.07, 6.45) is 2.20. The fourth-order valence-corrected chi connectivity index (χ4v) is 3.54. The minimum absolute atomic E-state index is 0.0707. The lowest BCUT2D eigenvalue weighted by atomic mass is 9.90. The van der Waals surface area contributed by atoms with Crippen molar-refractivity contribution >= 4 is 16.9 Å². The molecule has 2 N–H and O–H groups in total.